The molecular weight excluding hydrogens is 436 g/mol. The van der Waals surface area contributed by atoms with Crippen LogP contribution in [0, 0.1) is 28.9 Å². The van der Waals surface area contributed by atoms with Gasteiger partial charge in [-0.15, -0.1) is 0 Å². The Balaban J connectivity index is 1.55. The summed E-state index contributed by atoms with van der Waals surface area (Å²) in [5.41, 5.74) is 1.58. The molecule has 0 aromatic heterocycles. The molecule has 4 heterocycles. The average Bonchev–Trinajstić information content (AvgIpc) is 3.52. The van der Waals surface area contributed by atoms with E-state index in [1.807, 2.05) is 25.1 Å². The number of carbonyl (C=O) groups is 3. The molecule has 3 amide bonds. The number of benzene rings is 2. The van der Waals surface area contributed by atoms with Crippen molar-refractivity contribution in [1.29, 1.82) is 0 Å². The molecule has 3 fully saturated rings. The molecule has 0 radical (unpaired) electrons. The summed E-state index contributed by atoms with van der Waals surface area (Å²) in [6.07, 6.45) is 2.34. The van der Waals surface area contributed by atoms with Crippen LogP contribution >= 0.6 is 0 Å². The first kappa shape index (κ1) is 21.0. The highest BCUT2D eigenvalue weighted by atomic mass is 16.6. The van der Waals surface area contributed by atoms with E-state index >= 15 is 0 Å². The maximum absolute atomic E-state index is 14.1. The topological polar surface area (TPSA) is 113 Å². The van der Waals surface area contributed by atoms with Crippen molar-refractivity contribution in [3.8, 4) is 0 Å². The summed E-state index contributed by atoms with van der Waals surface area (Å²) >= 11 is 0. The van der Waals surface area contributed by atoms with Crippen molar-refractivity contribution in [3.05, 3.63) is 63.2 Å². The molecular formula is C25H24N4O5. The normalized spacial score (nSPS) is 29.5. The van der Waals surface area contributed by atoms with E-state index in [9.17, 15) is 24.5 Å². The number of hydrogen-bond donors (Lipinski definition) is 1. The molecule has 4 aliphatic rings. The number of nitro groups is 1. The van der Waals surface area contributed by atoms with E-state index in [-0.39, 0.29) is 34.8 Å². The maximum Gasteiger partial charge on any atom is 0.274 e. The fraction of sp³-hybridized carbons (Fsp3) is 0.400. The van der Waals surface area contributed by atoms with Crippen LogP contribution < -0.4 is 10.2 Å². The minimum absolute atomic E-state index is 0.149. The van der Waals surface area contributed by atoms with E-state index < -0.39 is 28.2 Å². The van der Waals surface area contributed by atoms with E-state index in [0.29, 0.717) is 12.2 Å². The largest absolute Gasteiger partial charge is 0.324 e. The summed E-state index contributed by atoms with van der Waals surface area (Å²) in [5.74, 6) is -2.65. The number of aryl methyl sites for hydroxylation is 1. The van der Waals surface area contributed by atoms with E-state index in [2.05, 4.69) is 10.2 Å². The van der Waals surface area contributed by atoms with E-state index in [1.54, 1.807) is 13.0 Å². The fourth-order valence-electron chi connectivity index (χ4n) is 6.76. The molecule has 4 atom stereocenters. The number of nitro benzene ring substituents is 1. The number of rotatable bonds is 3. The molecule has 4 aliphatic heterocycles. The first-order chi connectivity index (χ1) is 16.3. The third-order valence-corrected chi connectivity index (χ3v) is 8.18. The molecule has 1 N–H and O–H groups in total. The highest BCUT2D eigenvalue weighted by Gasteiger charge is 2.74. The quantitative estimate of drug-likeness (QED) is 0.428. The number of nitrogens with one attached hydrogen (secondary N) is 1. The van der Waals surface area contributed by atoms with Crippen LogP contribution in [0.3, 0.4) is 0 Å². The number of carbonyl (C=O) groups excluding carboxylic acids is 3. The van der Waals surface area contributed by atoms with E-state index in [4.69, 9.17) is 0 Å². The fourth-order valence-corrected chi connectivity index (χ4v) is 6.76. The molecule has 0 saturated carbocycles. The Hall–Kier alpha value is -3.59. The van der Waals surface area contributed by atoms with Crippen molar-refractivity contribution in [2.45, 2.75) is 44.7 Å². The highest BCUT2D eigenvalue weighted by molar-refractivity contribution is 6.26. The molecule has 6 rings (SSSR count). The zero-order valence-electron chi connectivity index (χ0n) is 18.9. The van der Waals surface area contributed by atoms with E-state index in [0.717, 1.165) is 35.3 Å². The Labute approximate surface area is 195 Å². The predicted molar refractivity (Wildman–Crippen MR) is 123 cm³/mol. The van der Waals surface area contributed by atoms with Crippen LogP contribution in [0.4, 0.5) is 17.1 Å². The van der Waals surface area contributed by atoms with Crippen LogP contribution in [0.25, 0.3) is 0 Å². The van der Waals surface area contributed by atoms with Crippen LogP contribution in [-0.2, 0) is 26.3 Å². The number of nitrogens with zero attached hydrogens (tertiary/aromatic N) is 3. The first-order valence-electron chi connectivity index (χ1n) is 11.7. The summed E-state index contributed by atoms with van der Waals surface area (Å²) in [5, 5.41) is 14.5. The zero-order chi connectivity index (χ0) is 23.9. The van der Waals surface area contributed by atoms with Crippen molar-refractivity contribution in [2.75, 3.05) is 16.8 Å². The molecule has 2 aromatic carbocycles. The molecule has 2 aromatic rings. The summed E-state index contributed by atoms with van der Waals surface area (Å²) in [6, 6.07) is 10.0. The van der Waals surface area contributed by atoms with Crippen LogP contribution in [0.15, 0.2) is 36.4 Å². The van der Waals surface area contributed by atoms with Gasteiger partial charge in [0, 0.05) is 23.4 Å². The monoisotopic (exact) mass is 460 g/mol. The van der Waals surface area contributed by atoms with Gasteiger partial charge in [-0.25, -0.2) is 4.90 Å². The average molecular weight is 460 g/mol. The van der Waals surface area contributed by atoms with Crippen molar-refractivity contribution in [3.63, 3.8) is 0 Å². The molecule has 9 nitrogen and oxygen atoms in total. The molecule has 9 heteroatoms. The lowest BCUT2D eigenvalue weighted by Gasteiger charge is -2.37. The van der Waals surface area contributed by atoms with Crippen molar-refractivity contribution < 1.29 is 19.3 Å². The van der Waals surface area contributed by atoms with Gasteiger partial charge in [0.2, 0.25) is 17.7 Å². The molecule has 1 spiro atoms. The summed E-state index contributed by atoms with van der Waals surface area (Å²) < 4.78 is 0. The van der Waals surface area contributed by atoms with Crippen molar-refractivity contribution in [2.24, 2.45) is 11.8 Å². The summed E-state index contributed by atoms with van der Waals surface area (Å²) in [4.78, 5) is 55.8. The van der Waals surface area contributed by atoms with Crippen LogP contribution in [0.2, 0.25) is 0 Å². The van der Waals surface area contributed by atoms with Gasteiger partial charge in [-0.1, -0.05) is 25.1 Å². The van der Waals surface area contributed by atoms with Crippen LogP contribution in [0.5, 0.6) is 0 Å². The second-order valence-electron chi connectivity index (χ2n) is 9.55. The second kappa shape index (κ2) is 6.96. The van der Waals surface area contributed by atoms with Gasteiger partial charge in [-0.3, -0.25) is 29.4 Å². The molecule has 174 valence electrons. The lowest BCUT2D eigenvalue weighted by molar-refractivity contribution is -0.385. The Morgan fingerprint density at radius 3 is 2.71 bits per heavy atom. The summed E-state index contributed by atoms with van der Waals surface area (Å²) in [6.45, 7) is 4.22. The number of imide groups is 1. The van der Waals surface area contributed by atoms with Gasteiger partial charge in [-0.05, 0) is 50.4 Å². The minimum atomic E-state index is -1.25. The molecule has 3 saturated heterocycles. The lowest BCUT2D eigenvalue weighted by Crippen LogP contribution is -2.54. The number of anilines is 2. The molecule has 34 heavy (non-hydrogen) atoms. The van der Waals surface area contributed by atoms with Gasteiger partial charge >= 0.3 is 0 Å². The SMILES string of the molecule is CCc1ccc2c(c1)[C@@]1(C(=O)N2)[C@@H]2C(=O)N(c3cccc([N+](=O)[O-])c3C)C(=O)[C@@H]2[C@H]2CCCN21. The van der Waals surface area contributed by atoms with Gasteiger partial charge in [-0.2, -0.15) is 0 Å². The van der Waals surface area contributed by atoms with Gasteiger partial charge < -0.3 is 5.32 Å². The van der Waals surface area contributed by atoms with Gasteiger partial charge in [0.1, 0.15) is 5.54 Å². The number of amides is 3. The zero-order valence-corrected chi connectivity index (χ0v) is 18.9. The predicted octanol–water partition coefficient (Wildman–Crippen LogP) is 2.90. The highest BCUT2D eigenvalue weighted by Crippen LogP contribution is 2.61. The number of fused-ring (bicyclic) bond motifs is 7. The lowest BCUT2D eigenvalue weighted by atomic mass is 9.75. The van der Waals surface area contributed by atoms with Crippen molar-refractivity contribution in [1.82, 2.24) is 4.90 Å². The minimum Gasteiger partial charge on any atom is -0.324 e. The standard InChI is InChI=1S/C25H24N4O5/c1-3-14-9-10-16-15(12-14)25(24(32)26-16)21-20(19-8-5-11-27(19)25)22(30)28(23(21)31)17-6-4-7-18(13(17)2)29(33)34/h4,6-7,9-10,12,19-21H,3,5,8,11H2,1-2H3,(H,26,32)/t19-,20-,21+,25+/m1/s1. The van der Waals surface area contributed by atoms with Crippen LogP contribution in [0.1, 0.15) is 36.5 Å². The van der Waals surface area contributed by atoms with Gasteiger partial charge in [0.05, 0.1) is 28.0 Å². The van der Waals surface area contributed by atoms with E-state index in [1.165, 1.54) is 12.1 Å². The van der Waals surface area contributed by atoms with Crippen LogP contribution in [-0.4, -0.2) is 40.1 Å². The Morgan fingerprint density at radius 1 is 1.18 bits per heavy atom. The number of hydrogen-bond acceptors (Lipinski definition) is 6. The third-order valence-electron chi connectivity index (χ3n) is 8.18. The third kappa shape index (κ3) is 2.34. The smallest absolute Gasteiger partial charge is 0.274 e. The molecule has 0 aliphatic carbocycles. The second-order valence-corrected chi connectivity index (χ2v) is 9.55. The molecule has 0 unspecified atom stereocenters. The van der Waals surface area contributed by atoms with Gasteiger partial charge in [0.15, 0.2) is 0 Å². The van der Waals surface area contributed by atoms with Crippen molar-refractivity contribution >= 4 is 34.8 Å². The van der Waals surface area contributed by atoms with Gasteiger partial charge in [0.25, 0.3) is 5.69 Å². The first-order valence-corrected chi connectivity index (χ1v) is 11.7. The summed E-state index contributed by atoms with van der Waals surface area (Å²) in [7, 11) is 0. The molecule has 0 bridgehead atoms. The Bertz CT molecular complexity index is 1310. The maximum atomic E-state index is 14.1. The Kier molecular flexibility index (Phi) is 4.29. The Morgan fingerprint density at radius 2 is 1.97 bits per heavy atom.